The molecule has 0 radical (unpaired) electrons. The van der Waals surface area contributed by atoms with Crippen molar-refractivity contribution in [3.8, 4) is 0 Å². The predicted molar refractivity (Wildman–Crippen MR) is 117 cm³/mol. The highest BCUT2D eigenvalue weighted by Crippen LogP contribution is 2.32. The van der Waals surface area contributed by atoms with E-state index in [2.05, 4.69) is 10.2 Å². The number of amides is 2. The number of hydrogen-bond donors (Lipinski definition) is 1. The minimum Gasteiger partial charge on any atom is -0.352 e. The van der Waals surface area contributed by atoms with Crippen LogP contribution in [0.3, 0.4) is 0 Å². The van der Waals surface area contributed by atoms with Gasteiger partial charge in [0.15, 0.2) is 0 Å². The molecule has 7 heteroatoms. The zero-order chi connectivity index (χ0) is 21.9. The van der Waals surface area contributed by atoms with E-state index in [0.717, 1.165) is 32.4 Å². The normalized spacial score (nSPS) is 21.1. The van der Waals surface area contributed by atoms with E-state index in [4.69, 9.17) is 11.6 Å². The van der Waals surface area contributed by atoms with Gasteiger partial charge in [0.25, 0.3) is 0 Å². The maximum atomic E-state index is 14.6. The molecule has 2 atom stereocenters. The van der Waals surface area contributed by atoms with Crippen molar-refractivity contribution in [2.24, 2.45) is 5.41 Å². The quantitative estimate of drug-likeness (QED) is 0.727. The van der Waals surface area contributed by atoms with Gasteiger partial charge in [0.2, 0.25) is 11.8 Å². The molecule has 5 nitrogen and oxygen atoms in total. The van der Waals surface area contributed by atoms with Gasteiger partial charge >= 0.3 is 0 Å². The lowest BCUT2D eigenvalue weighted by atomic mass is 9.91. The van der Waals surface area contributed by atoms with Crippen LogP contribution in [0.25, 0.3) is 0 Å². The summed E-state index contributed by atoms with van der Waals surface area (Å²) in [4.78, 5) is 29.6. The number of likely N-dealkylation sites (tertiary alicyclic amines) is 2. The molecule has 1 N–H and O–H groups in total. The summed E-state index contributed by atoms with van der Waals surface area (Å²) < 4.78 is 14.6. The number of rotatable bonds is 6. The fourth-order valence-electron chi connectivity index (χ4n) is 4.50. The average Bonchev–Trinajstić information content (AvgIpc) is 3.34. The largest absolute Gasteiger partial charge is 0.352 e. The smallest absolute Gasteiger partial charge is 0.242 e. The second kappa shape index (κ2) is 9.65. The van der Waals surface area contributed by atoms with Crippen molar-refractivity contribution in [2.75, 3.05) is 26.2 Å². The molecular weight excluding hydrogens is 405 g/mol. The second-order valence-electron chi connectivity index (χ2n) is 9.62. The van der Waals surface area contributed by atoms with Crippen molar-refractivity contribution in [1.29, 1.82) is 0 Å². The molecule has 0 aromatic heterocycles. The van der Waals surface area contributed by atoms with Gasteiger partial charge in [-0.3, -0.25) is 14.5 Å². The van der Waals surface area contributed by atoms with Crippen molar-refractivity contribution < 1.29 is 14.0 Å². The topological polar surface area (TPSA) is 52.7 Å². The molecule has 0 saturated carbocycles. The Morgan fingerprint density at radius 1 is 1.20 bits per heavy atom. The summed E-state index contributed by atoms with van der Waals surface area (Å²) in [7, 11) is 0. The van der Waals surface area contributed by atoms with Gasteiger partial charge in [-0.15, -0.1) is 0 Å². The molecule has 1 aromatic rings. The highest BCUT2D eigenvalue weighted by molar-refractivity contribution is 6.31. The number of nitrogens with one attached hydrogen (secondary N) is 1. The monoisotopic (exact) mass is 437 g/mol. The molecule has 2 aliphatic heterocycles. The Hall–Kier alpha value is -1.66. The third-order valence-electron chi connectivity index (χ3n) is 5.94. The van der Waals surface area contributed by atoms with E-state index in [0.29, 0.717) is 30.0 Å². The first-order valence-electron chi connectivity index (χ1n) is 10.9. The molecule has 2 amide bonds. The number of nitrogens with zero attached hydrogens (tertiary/aromatic N) is 2. The summed E-state index contributed by atoms with van der Waals surface area (Å²) in [5.74, 6) is -0.490. The Bertz CT molecular complexity index is 754. The van der Waals surface area contributed by atoms with Gasteiger partial charge in [0, 0.05) is 30.1 Å². The molecule has 1 aromatic carbocycles. The van der Waals surface area contributed by atoms with E-state index in [9.17, 15) is 14.0 Å². The minimum absolute atomic E-state index is 0.0217. The standard InChI is InChI=1S/C23H33ClFN3O2/c1-23(2,3)14-20(29)28-13-7-10-18(28)22(30)26-15-19(27-11-4-5-12-27)21-16(24)8-6-9-17(21)25/h6,8-9,18-19H,4-5,7,10-15H2,1-3H3,(H,26,30). The Kier molecular flexibility index (Phi) is 7.40. The summed E-state index contributed by atoms with van der Waals surface area (Å²) in [5.41, 5.74) is 0.316. The first kappa shape index (κ1) is 23.0. The van der Waals surface area contributed by atoms with Crippen molar-refractivity contribution in [3.05, 3.63) is 34.6 Å². The molecule has 0 bridgehead atoms. The van der Waals surface area contributed by atoms with Gasteiger partial charge in [0.1, 0.15) is 11.9 Å². The van der Waals surface area contributed by atoms with Gasteiger partial charge < -0.3 is 10.2 Å². The summed E-state index contributed by atoms with van der Waals surface area (Å²) >= 11 is 6.34. The zero-order valence-corrected chi connectivity index (χ0v) is 19.0. The van der Waals surface area contributed by atoms with Gasteiger partial charge in [-0.2, -0.15) is 0 Å². The Labute approximate surface area is 183 Å². The number of hydrogen-bond acceptors (Lipinski definition) is 3. The lowest BCUT2D eigenvalue weighted by Gasteiger charge is -2.31. The van der Waals surface area contributed by atoms with Crippen LogP contribution in [0, 0.1) is 11.2 Å². The third-order valence-corrected chi connectivity index (χ3v) is 6.27. The molecule has 30 heavy (non-hydrogen) atoms. The summed E-state index contributed by atoms with van der Waals surface area (Å²) in [6.07, 6.45) is 4.00. The molecule has 0 spiro atoms. The maximum absolute atomic E-state index is 14.6. The molecule has 2 saturated heterocycles. The molecule has 2 fully saturated rings. The van der Waals surface area contributed by atoms with E-state index in [-0.39, 0.29) is 35.6 Å². The lowest BCUT2D eigenvalue weighted by Crippen LogP contribution is -2.48. The molecule has 3 rings (SSSR count). The highest BCUT2D eigenvalue weighted by Gasteiger charge is 2.36. The molecule has 2 unspecified atom stereocenters. The van der Waals surface area contributed by atoms with E-state index in [1.165, 1.54) is 6.07 Å². The van der Waals surface area contributed by atoms with Crippen LogP contribution in [0.4, 0.5) is 4.39 Å². The Morgan fingerprint density at radius 2 is 1.90 bits per heavy atom. The molecule has 166 valence electrons. The van der Waals surface area contributed by atoms with Crippen molar-refractivity contribution >= 4 is 23.4 Å². The molecular formula is C23H33ClFN3O2. The predicted octanol–water partition coefficient (Wildman–Crippen LogP) is 4.16. The van der Waals surface area contributed by atoms with Crippen LogP contribution in [0.15, 0.2) is 18.2 Å². The van der Waals surface area contributed by atoms with Crippen molar-refractivity contribution in [3.63, 3.8) is 0 Å². The Balaban J connectivity index is 1.70. The van der Waals surface area contributed by atoms with Crippen LogP contribution < -0.4 is 5.32 Å². The van der Waals surface area contributed by atoms with Gasteiger partial charge in [0.05, 0.1) is 6.04 Å². The van der Waals surface area contributed by atoms with Gasteiger partial charge in [-0.1, -0.05) is 38.4 Å². The summed E-state index contributed by atoms with van der Waals surface area (Å²) in [5, 5.41) is 3.38. The second-order valence-corrected chi connectivity index (χ2v) is 10.0. The van der Waals surface area contributed by atoms with Gasteiger partial charge in [-0.25, -0.2) is 4.39 Å². The highest BCUT2D eigenvalue weighted by atomic mass is 35.5. The van der Waals surface area contributed by atoms with Crippen LogP contribution in [-0.2, 0) is 9.59 Å². The van der Waals surface area contributed by atoms with Crippen LogP contribution in [0.5, 0.6) is 0 Å². The first-order valence-corrected chi connectivity index (χ1v) is 11.3. The zero-order valence-electron chi connectivity index (χ0n) is 18.2. The van der Waals surface area contributed by atoms with Gasteiger partial charge in [-0.05, 0) is 56.3 Å². The molecule has 2 aliphatic rings. The fraction of sp³-hybridized carbons (Fsp3) is 0.652. The molecule has 2 heterocycles. The van der Waals surface area contributed by atoms with Crippen LogP contribution in [0.1, 0.15) is 64.5 Å². The van der Waals surface area contributed by atoms with E-state index >= 15 is 0 Å². The number of halogens is 2. The SMILES string of the molecule is CC(C)(C)CC(=O)N1CCCC1C(=O)NCC(c1c(F)cccc1Cl)N1CCCC1. The lowest BCUT2D eigenvalue weighted by molar-refractivity contribution is -0.139. The van der Waals surface area contributed by atoms with E-state index < -0.39 is 6.04 Å². The van der Waals surface area contributed by atoms with E-state index in [1.807, 2.05) is 20.8 Å². The fourth-order valence-corrected chi connectivity index (χ4v) is 4.79. The third kappa shape index (κ3) is 5.52. The number of carbonyl (C=O) groups is 2. The van der Waals surface area contributed by atoms with E-state index in [1.54, 1.807) is 17.0 Å². The minimum atomic E-state index is -0.449. The first-order chi connectivity index (χ1) is 14.2. The average molecular weight is 438 g/mol. The van der Waals surface area contributed by atoms with Crippen LogP contribution in [-0.4, -0.2) is 53.8 Å². The van der Waals surface area contributed by atoms with Crippen LogP contribution in [0.2, 0.25) is 5.02 Å². The number of benzene rings is 1. The maximum Gasteiger partial charge on any atom is 0.242 e. The molecule has 0 aliphatic carbocycles. The number of carbonyl (C=O) groups excluding carboxylic acids is 2. The van der Waals surface area contributed by atoms with Crippen molar-refractivity contribution in [2.45, 2.75) is 65.0 Å². The van der Waals surface area contributed by atoms with Crippen LogP contribution >= 0.6 is 11.6 Å². The van der Waals surface area contributed by atoms with Crippen molar-refractivity contribution in [1.82, 2.24) is 15.1 Å². The summed E-state index contributed by atoms with van der Waals surface area (Å²) in [6, 6.07) is 3.93. The summed E-state index contributed by atoms with van der Waals surface area (Å²) in [6.45, 7) is 8.66. The Morgan fingerprint density at radius 3 is 2.53 bits per heavy atom.